The maximum absolute atomic E-state index is 10.8. The molecular weight excluding hydrogens is 152 g/mol. The molecule has 0 bridgehead atoms. The molecule has 1 aromatic rings. The van der Waals surface area contributed by atoms with Crippen LogP contribution in [0.3, 0.4) is 0 Å². The SMILES string of the molecule is CCc1ssc(=O)c1C. The van der Waals surface area contributed by atoms with Crippen LogP contribution in [0.25, 0.3) is 0 Å². The molecule has 0 aliphatic rings. The zero-order valence-corrected chi connectivity index (χ0v) is 7.06. The molecule has 0 spiro atoms. The summed E-state index contributed by atoms with van der Waals surface area (Å²) >= 11 is 0. The fourth-order valence-electron chi connectivity index (χ4n) is 0.651. The van der Waals surface area contributed by atoms with Gasteiger partial charge in [-0.25, -0.2) is 0 Å². The molecule has 0 fully saturated rings. The van der Waals surface area contributed by atoms with Crippen molar-refractivity contribution in [3.63, 3.8) is 0 Å². The summed E-state index contributed by atoms with van der Waals surface area (Å²) < 4.78 is 0.233. The summed E-state index contributed by atoms with van der Waals surface area (Å²) in [4.78, 5) is 12.1. The van der Waals surface area contributed by atoms with Crippen molar-refractivity contribution in [2.24, 2.45) is 0 Å². The summed E-state index contributed by atoms with van der Waals surface area (Å²) in [7, 11) is 2.95. The van der Waals surface area contributed by atoms with Crippen molar-refractivity contribution in [3.05, 3.63) is 20.0 Å². The van der Waals surface area contributed by atoms with Crippen molar-refractivity contribution >= 4 is 20.7 Å². The molecule has 0 saturated heterocycles. The Morgan fingerprint density at radius 1 is 1.44 bits per heavy atom. The lowest BCUT2D eigenvalue weighted by molar-refractivity contribution is 1.15. The Labute approximate surface area is 61.4 Å². The Morgan fingerprint density at radius 2 is 2.11 bits per heavy atom. The lowest BCUT2D eigenvalue weighted by atomic mass is 10.3. The van der Waals surface area contributed by atoms with Gasteiger partial charge in [-0.2, -0.15) is 0 Å². The van der Waals surface area contributed by atoms with Gasteiger partial charge in [0.1, 0.15) is 0 Å². The third-order valence-corrected chi connectivity index (χ3v) is 3.91. The van der Waals surface area contributed by atoms with Gasteiger partial charge in [-0.1, -0.05) is 17.3 Å². The average Bonchev–Trinajstić information content (AvgIpc) is 2.15. The van der Waals surface area contributed by atoms with Gasteiger partial charge < -0.3 is 0 Å². The molecule has 0 amide bonds. The van der Waals surface area contributed by atoms with E-state index >= 15 is 0 Å². The smallest absolute Gasteiger partial charge is 0.246 e. The molecule has 0 atom stereocenters. The van der Waals surface area contributed by atoms with Crippen LogP contribution < -0.4 is 4.74 Å². The van der Waals surface area contributed by atoms with Crippen molar-refractivity contribution in [1.29, 1.82) is 0 Å². The molecule has 0 N–H and O–H groups in total. The van der Waals surface area contributed by atoms with Crippen LogP contribution in [0.4, 0.5) is 0 Å². The van der Waals surface area contributed by atoms with Crippen LogP contribution in [0.5, 0.6) is 0 Å². The van der Waals surface area contributed by atoms with Crippen molar-refractivity contribution in [1.82, 2.24) is 0 Å². The molecule has 50 valence electrons. The van der Waals surface area contributed by atoms with Crippen molar-refractivity contribution in [2.75, 3.05) is 0 Å². The van der Waals surface area contributed by atoms with Crippen molar-refractivity contribution in [3.8, 4) is 0 Å². The highest BCUT2D eigenvalue weighted by molar-refractivity contribution is 7.68. The van der Waals surface area contributed by atoms with Gasteiger partial charge in [0.05, 0.1) is 0 Å². The molecule has 0 saturated carbocycles. The van der Waals surface area contributed by atoms with Crippen molar-refractivity contribution < 1.29 is 0 Å². The predicted octanol–water partition coefficient (Wildman–Crippen LogP) is 2.04. The summed E-state index contributed by atoms with van der Waals surface area (Å²) in [5.41, 5.74) is 0.951. The lowest BCUT2D eigenvalue weighted by Gasteiger charge is -1.85. The summed E-state index contributed by atoms with van der Waals surface area (Å²) in [6, 6.07) is 0. The van der Waals surface area contributed by atoms with E-state index in [0.29, 0.717) is 0 Å². The zero-order valence-electron chi connectivity index (χ0n) is 5.43. The minimum atomic E-state index is 0.233. The Bertz CT molecular complexity index is 246. The number of rotatable bonds is 1. The number of hydrogen-bond acceptors (Lipinski definition) is 3. The van der Waals surface area contributed by atoms with Gasteiger partial charge in [-0.3, -0.25) is 4.79 Å². The zero-order chi connectivity index (χ0) is 6.85. The summed E-state index contributed by atoms with van der Waals surface area (Å²) in [6.07, 6.45) is 0.995. The Kier molecular flexibility index (Phi) is 2.03. The molecule has 1 aromatic heterocycles. The summed E-state index contributed by atoms with van der Waals surface area (Å²) in [5.74, 6) is 0. The third-order valence-electron chi connectivity index (χ3n) is 1.26. The first-order valence-electron chi connectivity index (χ1n) is 2.84. The van der Waals surface area contributed by atoms with E-state index in [2.05, 4.69) is 6.92 Å². The second-order valence-electron chi connectivity index (χ2n) is 1.86. The first-order chi connectivity index (χ1) is 4.25. The standard InChI is InChI=1S/C6H8OS2/c1-3-5-4(2)6(7)9-8-5/h3H2,1-2H3. The van der Waals surface area contributed by atoms with E-state index < -0.39 is 0 Å². The summed E-state index contributed by atoms with van der Waals surface area (Å²) in [5, 5.41) is 0. The Hall–Kier alpha value is -0.150. The first kappa shape index (κ1) is 6.96. The van der Waals surface area contributed by atoms with E-state index in [4.69, 9.17) is 0 Å². The molecule has 0 aliphatic carbocycles. The molecular formula is C6H8OS2. The van der Waals surface area contributed by atoms with Gasteiger partial charge in [0, 0.05) is 10.4 Å². The predicted molar refractivity (Wildman–Crippen MR) is 42.6 cm³/mol. The number of hydrogen-bond donors (Lipinski definition) is 0. The summed E-state index contributed by atoms with van der Waals surface area (Å²) in [6.45, 7) is 3.97. The van der Waals surface area contributed by atoms with E-state index in [1.54, 1.807) is 10.3 Å². The second kappa shape index (κ2) is 2.62. The van der Waals surface area contributed by atoms with Crippen LogP contribution in [0.15, 0.2) is 4.79 Å². The third kappa shape index (κ3) is 1.22. The molecule has 9 heavy (non-hydrogen) atoms. The maximum atomic E-state index is 10.8. The van der Waals surface area contributed by atoms with Crippen LogP contribution in [0.1, 0.15) is 17.4 Å². The van der Waals surface area contributed by atoms with Crippen LogP contribution in [0.2, 0.25) is 0 Å². The molecule has 1 heterocycles. The van der Waals surface area contributed by atoms with Crippen LogP contribution >= 0.6 is 20.7 Å². The van der Waals surface area contributed by atoms with E-state index in [1.165, 1.54) is 15.2 Å². The topological polar surface area (TPSA) is 17.1 Å². The van der Waals surface area contributed by atoms with Crippen molar-refractivity contribution in [2.45, 2.75) is 20.3 Å². The van der Waals surface area contributed by atoms with Crippen LogP contribution in [-0.4, -0.2) is 0 Å². The molecule has 1 rings (SSSR count). The van der Waals surface area contributed by atoms with E-state index in [9.17, 15) is 4.79 Å². The highest BCUT2D eigenvalue weighted by Crippen LogP contribution is 2.15. The minimum absolute atomic E-state index is 0.233. The molecule has 0 radical (unpaired) electrons. The van der Waals surface area contributed by atoms with E-state index in [-0.39, 0.29) is 4.74 Å². The quantitative estimate of drug-likeness (QED) is 0.575. The first-order valence-corrected chi connectivity index (χ1v) is 4.99. The fourth-order valence-corrected chi connectivity index (χ4v) is 3.11. The van der Waals surface area contributed by atoms with Gasteiger partial charge in [0.15, 0.2) is 0 Å². The Balaban J connectivity index is 3.20. The normalized spacial score (nSPS) is 10.0. The minimum Gasteiger partial charge on any atom is -0.277 e. The van der Waals surface area contributed by atoms with Gasteiger partial charge in [-0.05, 0) is 23.7 Å². The van der Waals surface area contributed by atoms with Gasteiger partial charge >= 0.3 is 0 Å². The molecule has 1 nitrogen and oxygen atoms in total. The second-order valence-corrected chi connectivity index (χ2v) is 4.05. The van der Waals surface area contributed by atoms with E-state index in [1.807, 2.05) is 6.92 Å². The largest absolute Gasteiger partial charge is 0.277 e. The van der Waals surface area contributed by atoms with Gasteiger partial charge in [-0.15, -0.1) is 0 Å². The number of aryl methyl sites for hydroxylation is 1. The van der Waals surface area contributed by atoms with Gasteiger partial charge in [0.25, 0.3) is 0 Å². The van der Waals surface area contributed by atoms with Crippen LogP contribution in [-0.2, 0) is 6.42 Å². The average molecular weight is 160 g/mol. The molecule has 0 aromatic carbocycles. The molecule has 0 aliphatic heterocycles. The lowest BCUT2D eigenvalue weighted by Crippen LogP contribution is -1.94. The van der Waals surface area contributed by atoms with E-state index in [0.717, 1.165) is 12.0 Å². The molecule has 3 heteroatoms. The highest BCUT2D eigenvalue weighted by atomic mass is 32.9. The maximum Gasteiger partial charge on any atom is 0.246 e. The van der Waals surface area contributed by atoms with Crippen LogP contribution in [0, 0.1) is 6.92 Å². The highest BCUT2D eigenvalue weighted by Gasteiger charge is 2.01. The monoisotopic (exact) mass is 160 g/mol. The van der Waals surface area contributed by atoms with Gasteiger partial charge in [0.2, 0.25) is 4.74 Å². The Morgan fingerprint density at radius 3 is 2.33 bits per heavy atom. The fraction of sp³-hybridized carbons (Fsp3) is 0.500. The molecule has 0 unspecified atom stereocenters.